The van der Waals surface area contributed by atoms with Crippen molar-refractivity contribution >= 4 is 10.2 Å². The normalized spacial score (nSPS) is 33.0. The third kappa shape index (κ3) is 5.20. The average molecular weight is 317 g/mol. The highest BCUT2D eigenvalue weighted by atomic mass is 32.2. The second-order valence-electron chi connectivity index (χ2n) is 6.70. The molecule has 0 aliphatic heterocycles. The van der Waals surface area contributed by atoms with Gasteiger partial charge in [-0.1, -0.05) is 13.3 Å². The van der Waals surface area contributed by atoms with Gasteiger partial charge in [0.25, 0.3) is 10.2 Å². The van der Waals surface area contributed by atoms with E-state index in [1.54, 1.807) is 0 Å². The first-order valence-electron chi connectivity index (χ1n) is 8.45. The summed E-state index contributed by atoms with van der Waals surface area (Å²) in [6, 6.07) is 0.650. The summed E-state index contributed by atoms with van der Waals surface area (Å²) in [5.41, 5.74) is 0. The molecule has 21 heavy (non-hydrogen) atoms. The highest BCUT2D eigenvalue weighted by molar-refractivity contribution is 7.87. The summed E-state index contributed by atoms with van der Waals surface area (Å²) in [6.07, 6.45) is 9.07. The first-order chi connectivity index (χ1) is 10.0. The van der Waals surface area contributed by atoms with Crippen LogP contribution < -0.4 is 14.8 Å². The summed E-state index contributed by atoms with van der Waals surface area (Å²) in [5.74, 6) is 2.74. The van der Waals surface area contributed by atoms with Gasteiger partial charge in [-0.3, -0.25) is 0 Å². The smallest absolute Gasteiger partial charge is 0.276 e. The molecule has 2 bridgehead atoms. The maximum atomic E-state index is 11.2. The fraction of sp³-hybridized carbons (Fsp3) is 1.00. The molecule has 0 radical (unpaired) electrons. The summed E-state index contributed by atoms with van der Waals surface area (Å²) in [4.78, 5) is 0. The lowest BCUT2D eigenvalue weighted by molar-refractivity contribution is 0.100. The molecular formula is C15H31N3O2S. The van der Waals surface area contributed by atoms with Crippen LogP contribution in [0.15, 0.2) is 0 Å². The lowest BCUT2D eigenvalue weighted by atomic mass is 9.65. The van der Waals surface area contributed by atoms with Crippen molar-refractivity contribution in [2.75, 3.05) is 20.1 Å². The van der Waals surface area contributed by atoms with Crippen molar-refractivity contribution in [3.63, 3.8) is 0 Å². The molecule has 2 fully saturated rings. The van der Waals surface area contributed by atoms with Gasteiger partial charge in [0.1, 0.15) is 0 Å². The topological polar surface area (TPSA) is 70.2 Å². The highest BCUT2D eigenvalue weighted by Crippen LogP contribution is 2.43. The van der Waals surface area contributed by atoms with Crippen molar-refractivity contribution in [2.24, 2.45) is 17.8 Å². The molecule has 6 heteroatoms. The lowest BCUT2D eigenvalue weighted by Crippen LogP contribution is -2.45. The van der Waals surface area contributed by atoms with Gasteiger partial charge in [-0.2, -0.15) is 8.42 Å². The van der Waals surface area contributed by atoms with E-state index >= 15 is 0 Å². The van der Waals surface area contributed by atoms with Crippen LogP contribution in [0.1, 0.15) is 51.9 Å². The fourth-order valence-electron chi connectivity index (χ4n) is 4.09. The van der Waals surface area contributed by atoms with Crippen LogP contribution in [0, 0.1) is 17.8 Å². The molecule has 0 aromatic rings. The minimum absolute atomic E-state index is 0.494. The molecule has 5 nitrogen and oxygen atoms in total. The van der Waals surface area contributed by atoms with E-state index in [2.05, 4.69) is 21.7 Å². The van der Waals surface area contributed by atoms with Crippen molar-refractivity contribution in [1.82, 2.24) is 14.8 Å². The van der Waals surface area contributed by atoms with Gasteiger partial charge >= 0.3 is 0 Å². The number of hydrogen-bond acceptors (Lipinski definition) is 3. The molecule has 0 heterocycles. The van der Waals surface area contributed by atoms with Crippen molar-refractivity contribution in [2.45, 2.75) is 57.9 Å². The fourth-order valence-corrected chi connectivity index (χ4v) is 4.65. The zero-order valence-corrected chi connectivity index (χ0v) is 14.2. The van der Waals surface area contributed by atoms with Crippen LogP contribution in [0.2, 0.25) is 0 Å². The molecule has 0 spiro atoms. The quantitative estimate of drug-likeness (QED) is 0.596. The molecule has 2 aliphatic rings. The van der Waals surface area contributed by atoms with E-state index in [-0.39, 0.29) is 0 Å². The Kier molecular flexibility index (Phi) is 6.47. The first kappa shape index (κ1) is 17.2. The maximum Gasteiger partial charge on any atom is 0.276 e. The van der Waals surface area contributed by atoms with E-state index in [0.29, 0.717) is 12.6 Å². The molecular weight excluding hydrogens is 286 g/mol. The Hall–Kier alpha value is -0.170. The zero-order chi connectivity index (χ0) is 15.3. The highest BCUT2D eigenvalue weighted by Gasteiger charge is 2.36. The Morgan fingerprint density at radius 2 is 1.90 bits per heavy atom. The molecule has 0 amide bonds. The second kappa shape index (κ2) is 7.90. The Morgan fingerprint density at radius 3 is 2.62 bits per heavy atom. The van der Waals surface area contributed by atoms with Crippen LogP contribution in [0.3, 0.4) is 0 Å². The molecule has 0 aromatic carbocycles. The molecule has 2 saturated carbocycles. The molecule has 0 aromatic heterocycles. The SMILES string of the molecule is CCC1CC2CCC(NCCCNS(=O)(=O)NC)C(C1)C2. The molecule has 4 unspecified atom stereocenters. The van der Waals surface area contributed by atoms with E-state index in [1.807, 2.05) is 0 Å². The van der Waals surface area contributed by atoms with Crippen LogP contribution in [-0.2, 0) is 10.2 Å². The number of hydrogen-bond donors (Lipinski definition) is 3. The van der Waals surface area contributed by atoms with Gasteiger partial charge in [-0.05, 0) is 62.8 Å². The molecule has 2 aliphatic carbocycles. The third-order valence-corrected chi connectivity index (χ3v) is 6.41. The average Bonchev–Trinajstić information content (AvgIpc) is 2.48. The Balaban J connectivity index is 1.67. The van der Waals surface area contributed by atoms with Crippen LogP contribution in [0.4, 0.5) is 0 Å². The standard InChI is InChI=1S/C15H31N3O2S/c1-3-12-9-13-5-6-15(14(10-12)11-13)17-7-4-8-18-21(19,20)16-2/h12-18H,3-11H2,1-2H3. The van der Waals surface area contributed by atoms with Crippen molar-refractivity contribution in [3.8, 4) is 0 Å². The lowest BCUT2D eigenvalue weighted by Gasteiger charge is -2.44. The van der Waals surface area contributed by atoms with Gasteiger partial charge in [0.05, 0.1) is 0 Å². The minimum Gasteiger partial charge on any atom is -0.314 e. The monoisotopic (exact) mass is 317 g/mol. The molecule has 3 N–H and O–H groups in total. The van der Waals surface area contributed by atoms with Crippen molar-refractivity contribution in [1.29, 1.82) is 0 Å². The maximum absolute atomic E-state index is 11.2. The van der Waals surface area contributed by atoms with E-state index in [1.165, 1.54) is 45.6 Å². The number of rotatable bonds is 8. The zero-order valence-electron chi connectivity index (χ0n) is 13.4. The predicted octanol–water partition coefficient (Wildman–Crippen LogP) is 1.62. The Bertz CT molecular complexity index is 413. The summed E-state index contributed by atoms with van der Waals surface area (Å²) in [5, 5.41) is 3.67. The summed E-state index contributed by atoms with van der Waals surface area (Å²) in [6.45, 7) is 3.71. The van der Waals surface area contributed by atoms with Crippen LogP contribution in [0.25, 0.3) is 0 Å². The molecule has 4 atom stereocenters. The van der Waals surface area contributed by atoms with Gasteiger partial charge in [0, 0.05) is 19.6 Å². The van der Waals surface area contributed by atoms with Gasteiger partial charge < -0.3 is 5.32 Å². The number of fused-ring (bicyclic) bond motifs is 2. The van der Waals surface area contributed by atoms with Gasteiger partial charge in [-0.15, -0.1) is 0 Å². The van der Waals surface area contributed by atoms with E-state index in [0.717, 1.165) is 30.7 Å². The summed E-state index contributed by atoms with van der Waals surface area (Å²) < 4.78 is 27.3. The summed E-state index contributed by atoms with van der Waals surface area (Å²) >= 11 is 0. The molecule has 0 saturated heterocycles. The molecule has 2 rings (SSSR count). The first-order valence-corrected chi connectivity index (χ1v) is 9.94. The van der Waals surface area contributed by atoms with Gasteiger partial charge in [0.15, 0.2) is 0 Å². The Labute approximate surface area is 129 Å². The van der Waals surface area contributed by atoms with E-state index < -0.39 is 10.2 Å². The van der Waals surface area contributed by atoms with E-state index in [9.17, 15) is 8.42 Å². The second-order valence-corrected chi connectivity index (χ2v) is 8.40. The molecule has 124 valence electrons. The van der Waals surface area contributed by atoms with E-state index in [4.69, 9.17) is 0 Å². The Morgan fingerprint density at radius 1 is 1.10 bits per heavy atom. The van der Waals surface area contributed by atoms with Gasteiger partial charge in [0.2, 0.25) is 0 Å². The van der Waals surface area contributed by atoms with Crippen molar-refractivity contribution in [3.05, 3.63) is 0 Å². The minimum atomic E-state index is -3.28. The predicted molar refractivity (Wildman–Crippen MR) is 86.2 cm³/mol. The van der Waals surface area contributed by atoms with Crippen LogP contribution >= 0.6 is 0 Å². The number of nitrogens with one attached hydrogen (secondary N) is 3. The third-order valence-electron chi connectivity index (χ3n) is 5.29. The van der Waals surface area contributed by atoms with Crippen molar-refractivity contribution < 1.29 is 8.42 Å². The largest absolute Gasteiger partial charge is 0.314 e. The van der Waals surface area contributed by atoms with Gasteiger partial charge in [-0.25, -0.2) is 9.44 Å². The van der Waals surface area contributed by atoms with Crippen LogP contribution in [0.5, 0.6) is 0 Å². The van der Waals surface area contributed by atoms with Crippen LogP contribution in [-0.4, -0.2) is 34.6 Å². The summed E-state index contributed by atoms with van der Waals surface area (Å²) in [7, 11) is -1.85.